The minimum atomic E-state index is -4.67. The number of anilines is 1. The van der Waals surface area contributed by atoms with Crippen molar-refractivity contribution in [2.75, 3.05) is 25.0 Å². The number of benzene rings is 1. The van der Waals surface area contributed by atoms with Gasteiger partial charge in [0.1, 0.15) is 40.8 Å². The first-order valence-corrected chi connectivity index (χ1v) is 18.6. The maximum absolute atomic E-state index is 15.6. The summed E-state index contributed by atoms with van der Waals surface area (Å²) in [6, 6.07) is 7.18. The van der Waals surface area contributed by atoms with Gasteiger partial charge in [0.25, 0.3) is 5.91 Å². The van der Waals surface area contributed by atoms with Crippen LogP contribution < -0.4 is 16.3 Å². The van der Waals surface area contributed by atoms with Crippen molar-refractivity contribution in [1.29, 1.82) is 0 Å². The second-order valence-electron chi connectivity index (χ2n) is 15.0. The van der Waals surface area contributed by atoms with Crippen LogP contribution in [0.5, 0.6) is 0 Å². The van der Waals surface area contributed by atoms with Gasteiger partial charge in [-0.15, -0.1) is 0 Å². The molecule has 3 N–H and O–H groups in total. The molecule has 55 heavy (non-hydrogen) atoms. The van der Waals surface area contributed by atoms with Crippen LogP contribution in [0.2, 0.25) is 0 Å². The van der Waals surface area contributed by atoms with Crippen LogP contribution in [0, 0.1) is 11.7 Å². The number of imidazole rings is 1. The molecule has 13 nitrogen and oxygen atoms in total. The average Bonchev–Trinajstić information content (AvgIpc) is 3.70. The standard InChI is InChI=1S/C38H41F4N9O4/c1-48-34-28(51(37(48)55)29-11-12-32(52)46-36(29)54)10-9-25(39)33(34)22-13-15-49(16-14-22)19-21-5-7-24(8-6-21)50-20-23-17-31(43-18-27(23)47-50)45-35(53)26-3-2-4-30(44-26)38(40,41)42/h2-4,9-10,17-18,20-22,24,29,32,52H,5-8,11-16,19H2,1H3,(H,45,53)(H,46,54)/t21-,24-,29?,32?. The average molecular weight is 764 g/mol. The number of likely N-dealkylation sites (tertiary alicyclic amines) is 1. The number of carbonyl (C=O) groups excluding carboxylic acids is 2. The SMILES string of the molecule is Cn1c(=O)n(C2CCC(O)NC2=O)c2ccc(F)c(C3CCN(C[C@H]4CC[C@H](n5cc6cc(NC(=O)c7cccc(C(F)(F)F)n7)ncc6n5)CC4)CC3)c21. The number of aliphatic hydroxyl groups excluding tert-OH is 1. The lowest BCUT2D eigenvalue weighted by Crippen LogP contribution is -2.46. The van der Waals surface area contributed by atoms with Crippen LogP contribution in [0.25, 0.3) is 21.9 Å². The summed E-state index contributed by atoms with van der Waals surface area (Å²) >= 11 is 0. The van der Waals surface area contributed by atoms with Gasteiger partial charge in [0, 0.05) is 30.7 Å². The summed E-state index contributed by atoms with van der Waals surface area (Å²) in [4.78, 5) is 48.9. The normalized spacial score (nSPS) is 23.0. The molecule has 290 valence electrons. The summed E-state index contributed by atoms with van der Waals surface area (Å²) in [5, 5.41) is 20.4. The smallest absolute Gasteiger partial charge is 0.374 e. The summed E-state index contributed by atoms with van der Waals surface area (Å²) in [5.74, 6) is -0.965. The second kappa shape index (κ2) is 14.5. The van der Waals surface area contributed by atoms with Gasteiger partial charge in [0.15, 0.2) is 0 Å². The molecule has 17 heteroatoms. The number of fused-ring (bicyclic) bond motifs is 2. The van der Waals surface area contributed by atoms with Crippen molar-refractivity contribution in [3.63, 3.8) is 0 Å². The number of pyridine rings is 2. The molecule has 2 amide bonds. The first-order chi connectivity index (χ1) is 26.3. The molecular weight excluding hydrogens is 722 g/mol. The first kappa shape index (κ1) is 36.8. The van der Waals surface area contributed by atoms with E-state index in [4.69, 9.17) is 5.10 Å². The van der Waals surface area contributed by atoms with E-state index in [0.717, 1.165) is 75.7 Å². The van der Waals surface area contributed by atoms with Crippen molar-refractivity contribution in [1.82, 2.24) is 39.1 Å². The third-order valence-electron chi connectivity index (χ3n) is 11.5. The van der Waals surface area contributed by atoms with Gasteiger partial charge in [0.2, 0.25) is 5.91 Å². The van der Waals surface area contributed by atoms with Gasteiger partial charge in [0.05, 0.1) is 23.3 Å². The van der Waals surface area contributed by atoms with Gasteiger partial charge in [-0.1, -0.05) is 6.07 Å². The van der Waals surface area contributed by atoms with Crippen LogP contribution in [-0.2, 0) is 18.0 Å². The largest absolute Gasteiger partial charge is 0.433 e. The Morgan fingerprint density at radius 3 is 2.51 bits per heavy atom. The number of nitrogens with one attached hydrogen (secondary N) is 2. The highest BCUT2D eigenvalue weighted by atomic mass is 19.4. The predicted molar refractivity (Wildman–Crippen MR) is 194 cm³/mol. The Labute approximate surface area is 312 Å². The van der Waals surface area contributed by atoms with Crippen molar-refractivity contribution in [3.05, 3.63) is 82.0 Å². The minimum absolute atomic E-state index is 0.0753. The van der Waals surface area contributed by atoms with E-state index in [0.29, 0.717) is 40.9 Å². The maximum atomic E-state index is 15.6. The lowest BCUT2D eigenvalue weighted by Gasteiger charge is -2.37. The summed E-state index contributed by atoms with van der Waals surface area (Å²) in [7, 11) is 1.62. The molecule has 2 atom stereocenters. The number of aryl methyl sites for hydroxylation is 1. The Balaban J connectivity index is 0.867. The number of nitrogens with zero attached hydrogens (tertiary/aromatic N) is 7. The predicted octanol–water partition coefficient (Wildman–Crippen LogP) is 5.27. The van der Waals surface area contributed by atoms with Gasteiger partial charge in [-0.05, 0) is 107 Å². The molecule has 3 aliphatic rings. The molecule has 4 aromatic heterocycles. The Hall–Kier alpha value is -5.16. The molecular formula is C38H41F4N9O4. The number of piperidine rings is 2. The third-order valence-corrected chi connectivity index (χ3v) is 11.5. The maximum Gasteiger partial charge on any atom is 0.433 e. The molecule has 0 bridgehead atoms. The number of aromatic nitrogens is 6. The highest BCUT2D eigenvalue weighted by Gasteiger charge is 2.35. The highest BCUT2D eigenvalue weighted by Crippen LogP contribution is 2.38. The molecule has 5 aromatic rings. The quantitative estimate of drug-likeness (QED) is 0.190. The number of rotatable bonds is 7. The first-order valence-electron chi connectivity index (χ1n) is 18.6. The van der Waals surface area contributed by atoms with Crippen LogP contribution in [0.4, 0.5) is 23.4 Å². The summed E-state index contributed by atoms with van der Waals surface area (Å²) in [6.45, 7) is 2.55. The van der Waals surface area contributed by atoms with E-state index in [1.807, 2.05) is 10.9 Å². The molecule has 2 aliphatic heterocycles. The Bertz CT molecular complexity index is 2320. The molecule has 8 rings (SSSR count). The van der Waals surface area contributed by atoms with Crippen molar-refractivity contribution in [3.8, 4) is 0 Å². The summed E-state index contributed by atoms with van der Waals surface area (Å²) in [5.41, 5.74) is 0.323. The van der Waals surface area contributed by atoms with Gasteiger partial charge in [-0.2, -0.15) is 18.3 Å². The molecule has 1 aliphatic carbocycles. The summed E-state index contributed by atoms with van der Waals surface area (Å²) < 4.78 is 59.6. The van der Waals surface area contributed by atoms with E-state index in [1.165, 1.54) is 27.5 Å². The van der Waals surface area contributed by atoms with E-state index in [1.54, 1.807) is 19.2 Å². The zero-order valence-electron chi connectivity index (χ0n) is 30.1. The fourth-order valence-electron chi connectivity index (χ4n) is 8.66. The molecule has 0 spiro atoms. The van der Waals surface area contributed by atoms with Crippen LogP contribution in [-0.4, -0.2) is 76.6 Å². The molecule has 2 unspecified atom stereocenters. The van der Waals surface area contributed by atoms with Crippen molar-refractivity contribution >= 4 is 39.6 Å². The molecule has 6 heterocycles. The highest BCUT2D eigenvalue weighted by molar-refractivity contribution is 6.03. The molecule has 3 fully saturated rings. The van der Waals surface area contributed by atoms with Gasteiger partial charge >= 0.3 is 11.9 Å². The van der Waals surface area contributed by atoms with E-state index in [9.17, 15) is 32.7 Å². The number of alkyl halides is 3. The van der Waals surface area contributed by atoms with Crippen LogP contribution >= 0.6 is 0 Å². The lowest BCUT2D eigenvalue weighted by molar-refractivity contribution is -0.141. The molecule has 0 radical (unpaired) electrons. The van der Waals surface area contributed by atoms with E-state index < -0.39 is 36.0 Å². The van der Waals surface area contributed by atoms with Crippen molar-refractivity contribution in [2.24, 2.45) is 13.0 Å². The fourth-order valence-corrected chi connectivity index (χ4v) is 8.66. The number of carbonyl (C=O) groups is 2. The Kier molecular flexibility index (Phi) is 9.69. The Morgan fingerprint density at radius 1 is 1.02 bits per heavy atom. The third kappa shape index (κ3) is 7.22. The molecule has 2 saturated heterocycles. The summed E-state index contributed by atoms with van der Waals surface area (Å²) in [6.07, 6.45) is 3.85. The van der Waals surface area contributed by atoms with Crippen LogP contribution in [0.1, 0.15) is 91.1 Å². The van der Waals surface area contributed by atoms with E-state index in [2.05, 4.69) is 25.5 Å². The topological polar surface area (TPSA) is 152 Å². The van der Waals surface area contributed by atoms with Gasteiger partial charge in [-0.25, -0.2) is 19.2 Å². The van der Waals surface area contributed by atoms with Crippen molar-refractivity contribution < 1.29 is 32.3 Å². The number of hydrogen-bond acceptors (Lipinski definition) is 8. The zero-order chi connectivity index (χ0) is 38.6. The number of hydrogen-bond donors (Lipinski definition) is 3. The monoisotopic (exact) mass is 763 g/mol. The van der Waals surface area contributed by atoms with Crippen molar-refractivity contribution in [2.45, 2.75) is 81.8 Å². The number of aliphatic hydroxyl groups is 1. The van der Waals surface area contributed by atoms with E-state index in [-0.39, 0.29) is 35.0 Å². The van der Waals surface area contributed by atoms with Crippen LogP contribution in [0.3, 0.4) is 0 Å². The lowest BCUT2D eigenvalue weighted by atomic mass is 9.84. The second-order valence-corrected chi connectivity index (χ2v) is 15.0. The van der Waals surface area contributed by atoms with Gasteiger partial charge in [-0.3, -0.25) is 23.4 Å². The molecule has 1 aromatic carbocycles. The van der Waals surface area contributed by atoms with E-state index >= 15 is 4.39 Å². The zero-order valence-corrected chi connectivity index (χ0v) is 30.1. The molecule has 1 saturated carbocycles. The minimum Gasteiger partial charge on any atom is -0.374 e. The Morgan fingerprint density at radius 2 is 1.78 bits per heavy atom. The fraction of sp³-hybridized carbons (Fsp3) is 0.474. The van der Waals surface area contributed by atoms with Gasteiger partial charge < -0.3 is 20.6 Å². The van der Waals surface area contributed by atoms with Crippen LogP contribution in [0.15, 0.2) is 53.6 Å². The number of halogens is 4. The number of amides is 2.